The molecule has 0 radical (unpaired) electrons. The summed E-state index contributed by atoms with van der Waals surface area (Å²) in [6.45, 7) is 0.635. The standard InChI is InChI=1S/C10H10BrFN2O/c11-4-1-5-14-9-3-2-7(12)6-8(9)13-10(14)15/h2-3,6H,1,4-5H2,(H,13,15). The lowest BCUT2D eigenvalue weighted by Gasteiger charge is -2.00. The summed E-state index contributed by atoms with van der Waals surface area (Å²) in [5.74, 6) is -0.337. The maximum atomic E-state index is 12.9. The minimum Gasteiger partial charge on any atom is -0.305 e. The lowest BCUT2D eigenvalue weighted by molar-refractivity contribution is 0.629. The molecule has 0 atom stereocenters. The molecule has 1 N–H and O–H groups in total. The normalized spacial score (nSPS) is 11.1. The number of hydrogen-bond donors (Lipinski definition) is 1. The number of aromatic nitrogens is 2. The summed E-state index contributed by atoms with van der Waals surface area (Å²) < 4.78 is 14.5. The molecule has 0 spiro atoms. The van der Waals surface area contributed by atoms with E-state index in [9.17, 15) is 9.18 Å². The lowest BCUT2D eigenvalue weighted by atomic mass is 10.3. The van der Waals surface area contributed by atoms with Crippen LogP contribution in [0.1, 0.15) is 6.42 Å². The summed E-state index contributed by atoms with van der Waals surface area (Å²) in [5, 5.41) is 0.841. The zero-order chi connectivity index (χ0) is 10.8. The van der Waals surface area contributed by atoms with Crippen LogP contribution in [0.25, 0.3) is 11.0 Å². The van der Waals surface area contributed by atoms with E-state index in [0.717, 1.165) is 17.3 Å². The van der Waals surface area contributed by atoms with Crippen molar-refractivity contribution >= 4 is 27.0 Å². The van der Waals surface area contributed by atoms with Crippen molar-refractivity contribution in [2.75, 3.05) is 5.33 Å². The van der Waals surface area contributed by atoms with Gasteiger partial charge in [-0.1, -0.05) is 15.9 Å². The predicted octanol–water partition coefficient (Wildman–Crippen LogP) is 2.25. The van der Waals surface area contributed by atoms with Crippen LogP contribution in [-0.4, -0.2) is 14.9 Å². The maximum absolute atomic E-state index is 12.9. The first-order chi connectivity index (χ1) is 7.22. The van der Waals surface area contributed by atoms with E-state index in [0.29, 0.717) is 12.1 Å². The molecule has 15 heavy (non-hydrogen) atoms. The highest BCUT2D eigenvalue weighted by molar-refractivity contribution is 9.09. The third-order valence-electron chi connectivity index (χ3n) is 2.25. The van der Waals surface area contributed by atoms with E-state index in [1.54, 1.807) is 10.6 Å². The zero-order valence-corrected chi connectivity index (χ0v) is 9.55. The Balaban J connectivity index is 2.53. The molecule has 1 aromatic heterocycles. The zero-order valence-electron chi connectivity index (χ0n) is 7.96. The SMILES string of the molecule is O=c1[nH]c2cc(F)ccc2n1CCCBr. The molecule has 5 heteroatoms. The van der Waals surface area contributed by atoms with Gasteiger partial charge in [-0.05, 0) is 24.6 Å². The Morgan fingerprint density at radius 2 is 2.27 bits per heavy atom. The van der Waals surface area contributed by atoms with Crippen molar-refractivity contribution < 1.29 is 4.39 Å². The van der Waals surface area contributed by atoms with Crippen LogP contribution in [0.2, 0.25) is 0 Å². The van der Waals surface area contributed by atoms with Gasteiger partial charge in [-0.15, -0.1) is 0 Å². The number of alkyl halides is 1. The van der Waals surface area contributed by atoms with Gasteiger partial charge in [0, 0.05) is 11.9 Å². The fourth-order valence-electron chi connectivity index (χ4n) is 1.58. The number of imidazole rings is 1. The number of halogens is 2. The fourth-order valence-corrected chi connectivity index (χ4v) is 1.83. The average molecular weight is 273 g/mol. The van der Waals surface area contributed by atoms with Crippen molar-refractivity contribution in [1.29, 1.82) is 0 Å². The van der Waals surface area contributed by atoms with Crippen molar-refractivity contribution in [2.45, 2.75) is 13.0 Å². The molecule has 3 nitrogen and oxygen atoms in total. The minimum atomic E-state index is -0.337. The van der Waals surface area contributed by atoms with Crippen LogP contribution in [0.4, 0.5) is 4.39 Å². The Morgan fingerprint density at radius 1 is 1.47 bits per heavy atom. The van der Waals surface area contributed by atoms with E-state index >= 15 is 0 Å². The second kappa shape index (κ2) is 4.18. The molecule has 0 bridgehead atoms. The number of nitrogens with one attached hydrogen (secondary N) is 1. The molecule has 0 fully saturated rings. The quantitative estimate of drug-likeness (QED) is 0.856. The number of aromatic amines is 1. The fraction of sp³-hybridized carbons (Fsp3) is 0.300. The number of H-pyrrole nitrogens is 1. The lowest BCUT2D eigenvalue weighted by Crippen LogP contribution is -2.16. The summed E-state index contributed by atoms with van der Waals surface area (Å²) in [6.07, 6.45) is 0.865. The molecule has 2 rings (SSSR count). The molecule has 0 aliphatic carbocycles. The average Bonchev–Trinajstić information content (AvgIpc) is 2.50. The Bertz CT molecular complexity index is 532. The monoisotopic (exact) mass is 272 g/mol. The van der Waals surface area contributed by atoms with Crippen LogP contribution < -0.4 is 5.69 Å². The van der Waals surface area contributed by atoms with Crippen LogP contribution >= 0.6 is 15.9 Å². The van der Waals surface area contributed by atoms with Crippen LogP contribution in [0.3, 0.4) is 0 Å². The summed E-state index contributed by atoms with van der Waals surface area (Å²) in [6, 6.07) is 4.32. The second-order valence-electron chi connectivity index (χ2n) is 3.29. The van der Waals surface area contributed by atoms with Crippen LogP contribution in [-0.2, 0) is 6.54 Å². The third-order valence-corrected chi connectivity index (χ3v) is 2.81. The van der Waals surface area contributed by atoms with E-state index in [1.807, 2.05) is 0 Å². The number of hydrogen-bond acceptors (Lipinski definition) is 1. The van der Waals surface area contributed by atoms with Crippen molar-refractivity contribution in [1.82, 2.24) is 9.55 Å². The Labute approximate surface area is 94.0 Å². The van der Waals surface area contributed by atoms with E-state index < -0.39 is 0 Å². The van der Waals surface area contributed by atoms with E-state index in [2.05, 4.69) is 20.9 Å². The molecule has 80 valence electrons. The smallest absolute Gasteiger partial charge is 0.305 e. The summed E-state index contributed by atoms with van der Waals surface area (Å²) in [5.41, 5.74) is 1.12. The van der Waals surface area contributed by atoms with E-state index in [-0.39, 0.29) is 11.5 Å². The third kappa shape index (κ3) is 1.97. The molecule has 1 heterocycles. The molecule has 0 aliphatic rings. The van der Waals surface area contributed by atoms with Gasteiger partial charge >= 0.3 is 5.69 Å². The first-order valence-electron chi connectivity index (χ1n) is 4.66. The van der Waals surface area contributed by atoms with Crippen LogP contribution in [0.15, 0.2) is 23.0 Å². The van der Waals surface area contributed by atoms with Crippen molar-refractivity contribution in [3.63, 3.8) is 0 Å². The topological polar surface area (TPSA) is 37.8 Å². The van der Waals surface area contributed by atoms with Gasteiger partial charge in [-0.25, -0.2) is 9.18 Å². The number of nitrogens with zero attached hydrogens (tertiary/aromatic N) is 1. The molecule has 0 amide bonds. The molecule has 0 saturated carbocycles. The maximum Gasteiger partial charge on any atom is 0.326 e. The summed E-state index contributed by atoms with van der Waals surface area (Å²) in [4.78, 5) is 14.2. The predicted molar refractivity (Wildman–Crippen MR) is 60.9 cm³/mol. The molecule has 0 saturated heterocycles. The van der Waals surface area contributed by atoms with E-state index in [4.69, 9.17) is 0 Å². The van der Waals surface area contributed by atoms with Crippen molar-refractivity contribution in [3.8, 4) is 0 Å². The first-order valence-corrected chi connectivity index (χ1v) is 5.78. The van der Waals surface area contributed by atoms with Gasteiger partial charge in [-0.2, -0.15) is 0 Å². The number of rotatable bonds is 3. The Morgan fingerprint density at radius 3 is 3.00 bits per heavy atom. The molecule has 2 aromatic rings. The van der Waals surface area contributed by atoms with Crippen molar-refractivity contribution in [2.24, 2.45) is 0 Å². The largest absolute Gasteiger partial charge is 0.326 e. The van der Waals surface area contributed by atoms with Gasteiger partial charge in [0.15, 0.2) is 0 Å². The highest BCUT2D eigenvalue weighted by Crippen LogP contribution is 2.12. The van der Waals surface area contributed by atoms with E-state index in [1.165, 1.54) is 12.1 Å². The summed E-state index contributed by atoms with van der Waals surface area (Å²) in [7, 11) is 0. The van der Waals surface area contributed by atoms with Gasteiger partial charge in [0.25, 0.3) is 0 Å². The number of fused-ring (bicyclic) bond motifs is 1. The van der Waals surface area contributed by atoms with Gasteiger partial charge in [0.1, 0.15) is 5.82 Å². The van der Waals surface area contributed by atoms with Gasteiger partial charge in [0.2, 0.25) is 0 Å². The molecule has 0 unspecified atom stereocenters. The molecule has 1 aromatic carbocycles. The molecular weight excluding hydrogens is 263 g/mol. The Hall–Kier alpha value is -1.10. The molecule has 0 aliphatic heterocycles. The van der Waals surface area contributed by atoms with Gasteiger partial charge < -0.3 is 4.98 Å². The summed E-state index contributed by atoms with van der Waals surface area (Å²) >= 11 is 3.31. The second-order valence-corrected chi connectivity index (χ2v) is 4.08. The minimum absolute atomic E-state index is 0.184. The van der Waals surface area contributed by atoms with Gasteiger partial charge in [0.05, 0.1) is 11.0 Å². The van der Waals surface area contributed by atoms with Gasteiger partial charge in [-0.3, -0.25) is 4.57 Å². The van der Waals surface area contributed by atoms with Crippen LogP contribution in [0.5, 0.6) is 0 Å². The Kier molecular flexibility index (Phi) is 2.90. The highest BCUT2D eigenvalue weighted by Gasteiger charge is 2.06. The first kappa shape index (κ1) is 10.4. The van der Waals surface area contributed by atoms with Crippen LogP contribution in [0, 0.1) is 5.82 Å². The van der Waals surface area contributed by atoms with Crippen molar-refractivity contribution in [3.05, 3.63) is 34.5 Å². The number of benzene rings is 1. The number of aryl methyl sites for hydroxylation is 1. The molecular formula is C10H10BrFN2O. The highest BCUT2D eigenvalue weighted by atomic mass is 79.9.